The predicted molar refractivity (Wildman–Crippen MR) is 243 cm³/mol. The Morgan fingerprint density at radius 1 is 0.356 bits per heavy atom. The minimum atomic E-state index is 0.0368. The Balaban J connectivity index is 0.980. The summed E-state index contributed by atoms with van der Waals surface area (Å²) in [6.45, 7) is 0. The minimum Gasteiger partial charge on any atom is -0.436 e. The van der Waals surface area contributed by atoms with Gasteiger partial charge in [-0.1, -0.05) is 103 Å². The van der Waals surface area contributed by atoms with Crippen LogP contribution in [0.4, 0.5) is 17.1 Å². The molecule has 0 aliphatic heterocycles. The van der Waals surface area contributed by atoms with E-state index in [9.17, 15) is 5.48 Å². The molecular weight excluding hydrogens is 723 g/mol. The van der Waals surface area contributed by atoms with Crippen molar-refractivity contribution in [1.82, 2.24) is 9.97 Å². The van der Waals surface area contributed by atoms with Crippen LogP contribution in [0.3, 0.4) is 0 Å². The highest BCUT2D eigenvalue weighted by Crippen LogP contribution is 2.39. The van der Waals surface area contributed by atoms with Crippen LogP contribution in [0, 0.1) is 0 Å². The van der Waals surface area contributed by atoms with Crippen molar-refractivity contribution in [3.05, 3.63) is 200 Å². The van der Waals surface area contributed by atoms with Crippen molar-refractivity contribution in [2.45, 2.75) is 0 Å². The number of aromatic nitrogens is 2. The Labute approximate surface area is 344 Å². The molecular formula is C54H33N3O2. The number of nitrogens with zero attached hydrogens (tertiary/aromatic N) is 3. The predicted octanol–water partition coefficient (Wildman–Crippen LogP) is 15.1. The summed E-state index contributed by atoms with van der Waals surface area (Å²) < 4.78 is 50.3. The molecule has 0 N–H and O–H groups in total. The summed E-state index contributed by atoms with van der Waals surface area (Å²) in [7, 11) is 0. The molecule has 0 aliphatic rings. The molecule has 12 aromatic rings. The zero-order chi connectivity index (χ0) is 42.3. The van der Waals surface area contributed by atoms with E-state index in [0.717, 1.165) is 60.0 Å². The molecule has 276 valence electrons. The third-order valence-electron chi connectivity index (χ3n) is 11.0. The van der Waals surface area contributed by atoms with Gasteiger partial charge in [0.05, 0.1) is 5.48 Å². The van der Waals surface area contributed by atoms with E-state index in [2.05, 4.69) is 24.3 Å². The Morgan fingerprint density at radius 2 is 0.814 bits per heavy atom. The Morgan fingerprint density at radius 3 is 1.37 bits per heavy atom. The van der Waals surface area contributed by atoms with E-state index in [1.807, 2.05) is 144 Å². The summed E-state index contributed by atoms with van der Waals surface area (Å²) >= 11 is 0. The Kier molecular flexibility index (Phi) is 6.59. The molecule has 0 amide bonds. The van der Waals surface area contributed by atoms with Gasteiger partial charge in [0.25, 0.3) is 0 Å². The van der Waals surface area contributed by atoms with Crippen LogP contribution in [0.15, 0.2) is 209 Å². The van der Waals surface area contributed by atoms with Gasteiger partial charge in [-0.2, -0.15) is 0 Å². The van der Waals surface area contributed by atoms with Gasteiger partial charge in [-0.15, -0.1) is 0 Å². The van der Waals surface area contributed by atoms with E-state index < -0.39 is 0 Å². The molecule has 5 nitrogen and oxygen atoms in total. The van der Waals surface area contributed by atoms with Gasteiger partial charge in [0.15, 0.2) is 11.2 Å². The van der Waals surface area contributed by atoms with Gasteiger partial charge in [0, 0.05) is 28.2 Å². The molecule has 5 heteroatoms. The molecule has 10 aromatic carbocycles. The highest BCUT2D eigenvalue weighted by atomic mass is 16.4. The quantitative estimate of drug-likeness (QED) is 0.169. The molecule has 12 rings (SSSR count). The van der Waals surface area contributed by atoms with Crippen molar-refractivity contribution in [3.63, 3.8) is 0 Å². The molecule has 0 spiro atoms. The second-order valence-electron chi connectivity index (χ2n) is 14.7. The fourth-order valence-electron chi connectivity index (χ4n) is 8.00. The topological polar surface area (TPSA) is 55.3 Å². The lowest BCUT2D eigenvalue weighted by atomic mass is 9.98. The summed E-state index contributed by atoms with van der Waals surface area (Å²) in [5.74, 6) is 0.969. The number of anilines is 3. The van der Waals surface area contributed by atoms with Crippen molar-refractivity contribution in [1.29, 1.82) is 0 Å². The fraction of sp³-hybridized carbons (Fsp3) is 0. The highest BCUT2D eigenvalue weighted by Gasteiger charge is 2.17. The van der Waals surface area contributed by atoms with Gasteiger partial charge in [0.2, 0.25) is 11.8 Å². The molecule has 2 heterocycles. The smallest absolute Gasteiger partial charge is 0.227 e. The average Bonchev–Trinajstić information content (AvgIpc) is 3.93. The van der Waals surface area contributed by atoms with Crippen molar-refractivity contribution in [2.75, 3.05) is 4.90 Å². The summed E-state index contributed by atoms with van der Waals surface area (Å²) in [6.07, 6.45) is 0. The molecule has 0 fully saturated rings. The molecule has 59 heavy (non-hydrogen) atoms. The average molecular weight is 760 g/mol. The molecule has 0 atom stereocenters. The molecule has 2 aromatic heterocycles. The van der Waals surface area contributed by atoms with E-state index in [0.29, 0.717) is 45.6 Å². The van der Waals surface area contributed by atoms with E-state index in [4.69, 9.17) is 18.8 Å². The zero-order valence-electron chi connectivity index (χ0n) is 35.4. The summed E-state index contributed by atoms with van der Waals surface area (Å²) in [6, 6.07) is 57.3. The summed E-state index contributed by atoms with van der Waals surface area (Å²) in [5, 5.41) is 6.91. The maximum atomic E-state index is 9.71. The van der Waals surface area contributed by atoms with Crippen LogP contribution >= 0.6 is 0 Å². The lowest BCUT2D eigenvalue weighted by Gasteiger charge is -2.26. The summed E-state index contributed by atoms with van der Waals surface area (Å²) in [4.78, 5) is 11.6. The highest BCUT2D eigenvalue weighted by molar-refractivity contribution is 5.97. The van der Waals surface area contributed by atoms with Crippen molar-refractivity contribution >= 4 is 82.4 Å². The SMILES string of the molecule is [2H]c1cc(N(c2ccc(-c3nc4cc5ccccc5cc4o3)cc2)c2ccc(-c3nc4cc5ccccc5cc4o3)cc2)c([2H])c2c([2H])cc(-c3ccc4ccccc4c3)c([2H])c12. The third kappa shape index (κ3) is 5.87. The maximum Gasteiger partial charge on any atom is 0.227 e. The largest absolute Gasteiger partial charge is 0.436 e. The zero-order valence-corrected chi connectivity index (χ0v) is 31.4. The van der Waals surface area contributed by atoms with Crippen molar-refractivity contribution in [2.24, 2.45) is 0 Å². The van der Waals surface area contributed by atoms with Crippen LogP contribution in [0.1, 0.15) is 5.48 Å². The number of benzene rings is 10. The molecule has 0 saturated carbocycles. The van der Waals surface area contributed by atoms with Gasteiger partial charge >= 0.3 is 0 Å². The molecule has 0 radical (unpaired) electrons. The van der Waals surface area contributed by atoms with E-state index in [1.54, 1.807) is 12.1 Å². The molecule has 0 bridgehead atoms. The van der Waals surface area contributed by atoms with Gasteiger partial charge in [-0.25, -0.2) is 9.97 Å². The normalized spacial score (nSPS) is 12.7. The number of fused-ring (bicyclic) bond motifs is 6. The first-order chi connectivity index (χ1) is 30.8. The maximum absolute atomic E-state index is 9.71. The first-order valence-corrected chi connectivity index (χ1v) is 19.5. The summed E-state index contributed by atoms with van der Waals surface area (Å²) in [5.41, 5.74) is 7.61. The first-order valence-electron chi connectivity index (χ1n) is 21.5. The molecule has 0 aliphatic carbocycles. The lowest BCUT2D eigenvalue weighted by Crippen LogP contribution is -2.09. The Bertz CT molecular complexity index is 3540. The number of rotatable bonds is 6. The van der Waals surface area contributed by atoms with Gasteiger partial charge in [-0.05, 0) is 151 Å². The standard InChI is InChI=1S/C54H33N3O2/c1-2-8-37-27-42(14-13-34(37)7-1)43-15-16-45-29-48(26-21-44(45)28-43)57(46-22-17-35(18-23-46)53-55-49-30-38-9-3-5-11-40(38)32-51(49)58-53)47-24-19-36(20-25-47)54-56-50-31-39-10-4-6-12-41(39)33-52(50)59-54/h1-33H/i16D,21D,28D,29D. The number of oxazole rings is 2. The van der Waals surface area contributed by atoms with Crippen LogP contribution in [0.25, 0.3) is 99.3 Å². The van der Waals surface area contributed by atoms with Crippen molar-refractivity contribution < 1.29 is 14.3 Å². The number of hydrogen-bond donors (Lipinski definition) is 0. The molecule has 0 saturated heterocycles. The Hall–Kier alpha value is -8.02. The monoisotopic (exact) mass is 759 g/mol. The van der Waals surface area contributed by atoms with Crippen LogP contribution < -0.4 is 4.90 Å². The second-order valence-corrected chi connectivity index (χ2v) is 14.7. The van der Waals surface area contributed by atoms with Crippen LogP contribution in [-0.2, 0) is 0 Å². The van der Waals surface area contributed by atoms with Gasteiger partial charge in [-0.3, -0.25) is 0 Å². The van der Waals surface area contributed by atoms with E-state index in [-0.39, 0.29) is 34.9 Å². The third-order valence-corrected chi connectivity index (χ3v) is 11.0. The number of hydrogen-bond acceptors (Lipinski definition) is 5. The minimum absolute atomic E-state index is 0.0368. The molecule has 0 unspecified atom stereocenters. The van der Waals surface area contributed by atoms with Gasteiger partial charge < -0.3 is 13.7 Å². The van der Waals surface area contributed by atoms with Crippen molar-refractivity contribution in [3.8, 4) is 34.0 Å². The second kappa shape index (κ2) is 13.3. The van der Waals surface area contributed by atoms with Gasteiger partial charge in [0.1, 0.15) is 11.0 Å². The van der Waals surface area contributed by atoms with Crippen LogP contribution in [-0.4, -0.2) is 9.97 Å². The van der Waals surface area contributed by atoms with Crippen LogP contribution in [0.5, 0.6) is 0 Å². The fourth-order valence-corrected chi connectivity index (χ4v) is 8.00. The lowest BCUT2D eigenvalue weighted by molar-refractivity contribution is 0.620. The van der Waals surface area contributed by atoms with E-state index >= 15 is 0 Å². The van der Waals surface area contributed by atoms with E-state index in [1.165, 1.54) is 0 Å². The first kappa shape index (κ1) is 29.3. The van der Waals surface area contributed by atoms with Crippen LogP contribution in [0.2, 0.25) is 0 Å².